The van der Waals surface area contributed by atoms with Crippen molar-refractivity contribution in [3.8, 4) is 0 Å². The molecule has 1 saturated heterocycles. The molecule has 3 heterocycles. The van der Waals surface area contributed by atoms with Gasteiger partial charge >= 0.3 is 12.1 Å². The number of imide groups is 2. The third-order valence-corrected chi connectivity index (χ3v) is 11.7. The molecule has 0 aliphatic carbocycles. The lowest BCUT2D eigenvalue weighted by molar-refractivity contribution is -0.138. The van der Waals surface area contributed by atoms with Crippen LogP contribution in [0.1, 0.15) is 65.7 Å². The number of amides is 11. The predicted molar refractivity (Wildman–Crippen MR) is 248 cm³/mol. The summed E-state index contributed by atoms with van der Waals surface area (Å²) in [6.07, 6.45) is 2.38. The number of piperidine rings is 1. The fraction of sp³-hybridized carbons (Fsp3) is 0.362. The number of nitrogens with zero attached hydrogens (tertiary/aromatic N) is 3. The van der Waals surface area contributed by atoms with Gasteiger partial charge in [-0.25, -0.2) is 9.59 Å². The van der Waals surface area contributed by atoms with Crippen LogP contribution in [0.4, 0.5) is 21.0 Å². The SMILES string of the molecule is C[C@H](NC(=O)CCN1C(=O)C=CC1=O)C(=O)N[C@@H](C)C(=O)Nc1ccc(COC(=O)N(C)CCOCCc2ccc(NC(=O)NCc3ccc4c(c3)CN(C3CCC(=O)NC3=O)C4=O)cc2Cl)cc1. The molecule has 69 heavy (non-hydrogen) atoms. The van der Waals surface area contributed by atoms with Gasteiger partial charge in [-0.2, -0.15) is 0 Å². The van der Waals surface area contributed by atoms with E-state index >= 15 is 0 Å². The Hall–Kier alpha value is -7.65. The number of hydrogen-bond donors (Lipinski definition) is 6. The summed E-state index contributed by atoms with van der Waals surface area (Å²) in [6.45, 7) is 3.95. The summed E-state index contributed by atoms with van der Waals surface area (Å²) >= 11 is 6.51. The fourth-order valence-electron chi connectivity index (χ4n) is 7.34. The van der Waals surface area contributed by atoms with Crippen molar-refractivity contribution >= 4 is 82.4 Å². The normalized spacial score (nSPS) is 16.1. The molecular formula is C47H52ClN9O12. The zero-order valence-corrected chi connectivity index (χ0v) is 38.8. The van der Waals surface area contributed by atoms with Crippen LogP contribution in [-0.4, -0.2) is 126 Å². The standard InChI is InChI=1S/C47H52ClN9O12/c1-27(50-39(59)16-18-56-40(60)14-15-41(56)61)42(62)51-28(2)43(63)52-33-8-4-29(5-9-33)26-69-47(67)55(3)19-21-68-20-17-31-7-10-34(23-36(31)48)53-46(66)49-24-30-6-11-35-32(22-30)25-57(45(35)65)37-12-13-38(58)54-44(37)64/h4-11,14-15,22-23,27-28,37H,12-13,16-21,24-26H2,1-3H3,(H,50,59)(H,51,62)(H,52,63)(H2,49,53,66)(H,54,58,64)/t27-,28-,37?/m0/s1. The first-order chi connectivity index (χ1) is 32.9. The maximum atomic E-state index is 13.0. The van der Waals surface area contributed by atoms with E-state index in [2.05, 4.69) is 31.9 Å². The first-order valence-corrected chi connectivity index (χ1v) is 22.4. The van der Waals surface area contributed by atoms with Crippen LogP contribution < -0.4 is 31.9 Å². The van der Waals surface area contributed by atoms with E-state index in [1.54, 1.807) is 61.6 Å². The van der Waals surface area contributed by atoms with Crippen LogP contribution in [0.2, 0.25) is 5.02 Å². The van der Waals surface area contributed by atoms with Crippen LogP contribution in [-0.2, 0) is 69.2 Å². The van der Waals surface area contributed by atoms with Gasteiger partial charge in [0.2, 0.25) is 29.5 Å². The molecule has 3 aliphatic rings. The highest BCUT2D eigenvalue weighted by Gasteiger charge is 2.39. The van der Waals surface area contributed by atoms with Crippen molar-refractivity contribution in [2.75, 3.05) is 44.0 Å². The minimum Gasteiger partial charge on any atom is -0.445 e. The third kappa shape index (κ3) is 14.0. The molecule has 21 nitrogen and oxygen atoms in total. The first kappa shape index (κ1) is 50.8. The van der Waals surface area contributed by atoms with Crippen LogP contribution in [0.15, 0.2) is 72.8 Å². The zero-order valence-electron chi connectivity index (χ0n) is 38.1. The number of benzene rings is 3. The third-order valence-electron chi connectivity index (χ3n) is 11.3. The van der Waals surface area contributed by atoms with E-state index in [0.29, 0.717) is 40.6 Å². The summed E-state index contributed by atoms with van der Waals surface area (Å²) < 4.78 is 11.1. The lowest BCUT2D eigenvalue weighted by Crippen LogP contribution is -2.52. The van der Waals surface area contributed by atoms with Crippen molar-refractivity contribution in [1.82, 2.24) is 36.0 Å². The summed E-state index contributed by atoms with van der Waals surface area (Å²) in [5.41, 5.74) is 4.32. The molecule has 3 aliphatic heterocycles. The quantitative estimate of drug-likeness (QED) is 0.0705. The predicted octanol–water partition coefficient (Wildman–Crippen LogP) is 2.51. The van der Waals surface area contributed by atoms with Crippen molar-refractivity contribution in [3.63, 3.8) is 0 Å². The van der Waals surface area contributed by atoms with Crippen molar-refractivity contribution in [2.24, 2.45) is 0 Å². The monoisotopic (exact) mass is 969 g/mol. The number of urea groups is 1. The molecule has 6 rings (SSSR count). The van der Waals surface area contributed by atoms with Gasteiger partial charge in [-0.05, 0) is 79.3 Å². The highest BCUT2D eigenvalue weighted by molar-refractivity contribution is 6.31. The molecule has 1 fully saturated rings. The van der Waals surface area contributed by atoms with Crippen molar-refractivity contribution < 1.29 is 57.4 Å². The Morgan fingerprint density at radius 2 is 1.54 bits per heavy atom. The molecule has 3 aromatic rings. The lowest BCUT2D eigenvalue weighted by atomic mass is 10.0. The molecule has 3 aromatic carbocycles. The lowest BCUT2D eigenvalue weighted by Gasteiger charge is -2.29. The van der Waals surface area contributed by atoms with Crippen LogP contribution >= 0.6 is 11.6 Å². The summed E-state index contributed by atoms with van der Waals surface area (Å²) in [7, 11) is 1.57. The van der Waals surface area contributed by atoms with Crippen molar-refractivity contribution in [3.05, 3.63) is 106 Å². The molecule has 11 amide bonds. The molecule has 0 aromatic heterocycles. The van der Waals surface area contributed by atoms with Gasteiger partial charge in [-0.3, -0.25) is 48.6 Å². The summed E-state index contributed by atoms with van der Waals surface area (Å²) in [6, 6.07) is 13.8. The van der Waals surface area contributed by atoms with Gasteiger partial charge in [0.15, 0.2) is 0 Å². The number of nitrogens with one attached hydrogen (secondary N) is 6. The number of hydrogen-bond acceptors (Lipinski definition) is 12. The number of carbonyl (C=O) groups excluding carboxylic acids is 10. The molecule has 0 radical (unpaired) electrons. The van der Waals surface area contributed by atoms with Gasteiger partial charge in [0.25, 0.3) is 17.7 Å². The van der Waals surface area contributed by atoms with Crippen LogP contribution in [0.5, 0.6) is 0 Å². The average Bonchev–Trinajstić information content (AvgIpc) is 3.82. The molecule has 0 spiro atoms. The summed E-state index contributed by atoms with van der Waals surface area (Å²) in [5, 5.41) is 15.9. The number of carbonyl (C=O) groups is 10. The number of halogens is 1. The van der Waals surface area contributed by atoms with E-state index in [1.165, 1.54) is 23.6 Å². The van der Waals surface area contributed by atoms with E-state index in [4.69, 9.17) is 21.1 Å². The van der Waals surface area contributed by atoms with Gasteiger partial charge in [-0.15, -0.1) is 0 Å². The Morgan fingerprint density at radius 1 is 0.841 bits per heavy atom. The van der Waals surface area contributed by atoms with Crippen LogP contribution in [0.3, 0.4) is 0 Å². The van der Waals surface area contributed by atoms with E-state index in [9.17, 15) is 47.9 Å². The average molecular weight is 970 g/mol. The Bertz CT molecular complexity index is 2530. The minimum absolute atomic E-state index is 0.0344. The Balaban J connectivity index is 0.820. The van der Waals surface area contributed by atoms with Gasteiger partial charge in [0.1, 0.15) is 24.7 Å². The van der Waals surface area contributed by atoms with Gasteiger partial charge in [0, 0.05) is 80.2 Å². The van der Waals surface area contributed by atoms with Crippen LogP contribution in [0, 0.1) is 0 Å². The molecule has 364 valence electrons. The number of ether oxygens (including phenoxy) is 2. The Labute approximate surface area is 401 Å². The van der Waals surface area contributed by atoms with E-state index in [0.717, 1.165) is 33.7 Å². The topological polar surface area (TPSA) is 271 Å². The summed E-state index contributed by atoms with van der Waals surface area (Å²) in [4.78, 5) is 127. The van der Waals surface area contributed by atoms with Gasteiger partial charge < -0.3 is 45.9 Å². The Morgan fingerprint density at radius 3 is 2.25 bits per heavy atom. The van der Waals surface area contributed by atoms with Gasteiger partial charge in [0.05, 0.1) is 13.2 Å². The number of fused-ring (bicyclic) bond motifs is 1. The molecule has 3 atom stereocenters. The highest BCUT2D eigenvalue weighted by atomic mass is 35.5. The summed E-state index contributed by atoms with van der Waals surface area (Å²) in [5.74, 6) is -3.81. The number of anilines is 2. The molecular weight excluding hydrogens is 918 g/mol. The minimum atomic E-state index is -0.992. The highest BCUT2D eigenvalue weighted by Crippen LogP contribution is 2.28. The smallest absolute Gasteiger partial charge is 0.409 e. The van der Waals surface area contributed by atoms with E-state index in [1.807, 2.05) is 6.07 Å². The van der Waals surface area contributed by atoms with Crippen molar-refractivity contribution in [1.29, 1.82) is 0 Å². The largest absolute Gasteiger partial charge is 0.445 e. The molecule has 22 heteroatoms. The maximum absolute atomic E-state index is 13.0. The van der Waals surface area contributed by atoms with E-state index < -0.39 is 65.7 Å². The second-order valence-electron chi connectivity index (χ2n) is 16.5. The van der Waals surface area contributed by atoms with Crippen molar-refractivity contribution in [2.45, 2.75) is 77.4 Å². The number of likely N-dealkylation sites (N-methyl/N-ethyl adjacent to an activating group) is 1. The fourth-order valence-corrected chi connectivity index (χ4v) is 7.61. The molecule has 0 bridgehead atoms. The van der Waals surface area contributed by atoms with Gasteiger partial charge in [-0.1, -0.05) is 41.9 Å². The van der Waals surface area contributed by atoms with Crippen LogP contribution in [0.25, 0.3) is 0 Å². The maximum Gasteiger partial charge on any atom is 0.409 e. The zero-order chi connectivity index (χ0) is 49.8. The second kappa shape index (κ2) is 23.4. The molecule has 6 N–H and O–H groups in total. The Kier molecular flexibility index (Phi) is 17.2. The molecule has 0 saturated carbocycles. The number of rotatable bonds is 20. The first-order valence-electron chi connectivity index (χ1n) is 22.0. The second-order valence-corrected chi connectivity index (χ2v) is 16.9. The molecule has 1 unspecified atom stereocenters. The van der Waals surface area contributed by atoms with E-state index in [-0.39, 0.29) is 70.5 Å².